The molecule has 1 amide bonds. The molecular weight excluding hydrogens is 386 g/mol. The van der Waals surface area contributed by atoms with Crippen LogP contribution in [0.5, 0.6) is 0 Å². The summed E-state index contributed by atoms with van der Waals surface area (Å²) in [7, 11) is 0. The molecule has 8 heteroatoms. The lowest BCUT2D eigenvalue weighted by molar-refractivity contribution is 0.0988. The number of anilines is 1. The van der Waals surface area contributed by atoms with E-state index >= 15 is 0 Å². The molecule has 7 nitrogen and oxygen atoms in total. The van der Waals surface area contributed by atoms with E-state index < -0.39 is 0 Å². The molecule has 1 aliphatic rings. The lowest BCUT2D eigenvalue weighted by Gasteiger charge is -2.26. The predicted molar refractivity (Wildman–Crippen MR) is 110 cm³/mol. The fraction of sp³-hybridized carbons (Fsp3) is 0.238. The highest BCUT2D eigenvalue weighted by molar-refractivity contribution is 7.10. The maximum absolute atomic E-state index is 13.3. The van der Waals surface area contributed by atoms with Crippen LogP contribution in [-0.4, -0.2) is 26.2 Å². The molecule has 1 aliphatic heterocycles. The van der Waals surface area contributed by atoms with Crippen molar-refractivity contribution in [3.63, 3.8) is 0 Å². The highest BCUT2D eigenvalue weighted by atomic mass is 32.1. The van der Waals surface area contributed by atoms with Crippen LogP contribution in [0.25, 0.3) is 11.3 Å². The highest BCUT2D eigenvalue weighted by Crippen LogP contribution is 2.45. The van der Waals surface area contributed by atoms with Gasteiger partial charge in [-0.1, -0.05) is 32.0 Å². The van der Waals surface area contributed by atoms with Gasteiger partial charge in [-0.2, -0.15) is 5.10 Å². The van der Waals surface area contributed by atoms with Gasteiger partial charge in [-0.05, 0) is 23.6 Å². The van der Waals surface area contributed by atoms with E-state index in [1.54, 1.807) is 28.5 Å². The molecule has 146 valence electrons. The topological polar surface area (TPSA) is 87.9 Å². The Hall–Kier alpha value is -3.26. The molecule has 0 bridgehead atoms. The second kappa shape index (κ2) is 6.38. The molecule has 0 spiro atoms. The van der Waals surface area contributed by atoms with E-state index in [1.165, 1.54) is 6.26 Å². The Morgan fingerprint density at radius 1 is 1.21 bits per heavy atom. The number of carbonyl (C=O) groups excluding carboxylic acids is 1. The van der Waals surface area contributed by atoms with Crippen LogP contribution in [0.3, 0.4) is 0 Å². The third-order valence-electron chi connectivity index (χ3n) is 5.05. The number of H-pyrrole nitrogens is 1. The van der Waals surface area contributed by atoms with E-state index in [4.69, 9.17) is 4.52 Å². The van der Waals surface area contributed by atoms with Gasteiger partial charge < -0.3 is 4.52 Å². The summed E-state index contributed by atoms with van der Waals surface area (Å²) in [5.74, 6) is 0.436. The minimum absolute atomic E-state index is 0.146. The average molecular weight is 405 g/mol. The first kappa shape index (κ1) is 17.8. The van der Waals surface area contributed by atoms with Gasteiger partial charge in [0.15, 0.2) is 5.69 Å². The number of nitrogens with one attached hydrogen (secondary N) is 1. The number of thiophene rings is 1. The van der Waals surface area contributed by atoms with Crippen LogP contribution in [0.15, 0.2) is 52.7 Å². The van der Waals surface area contributed by atoms with Crippen LogP contribution in [0.1, 0.15) is 53.4 Å². The molecule has 0 aromatic carbocycles. The SMILES string of the molecule is CC(C)(C)c1[nH]nc2c1C(c1cccs1)N(c1ccc(-c3ccon3)cn1)C2=O. The van der Waals surface area contributed by atoms with Crippen LogP contribution < -0.4 is 4.90 Å². The number of aromatic amines is 1. The number of aromatic nitrogens is 4. The minimum Gasteiger partial charge on any atom is -0.364 e. The average Bonchev–Trinajstić information content (AvgIpc) is 3.47. The number of hydrogen-bond donors (Lipinski definition) is 1. The lowest BCUT2D eigenvalue weighted by Crippen LogP contribution is -2.30. The molecule has 0 aliphatic carbocycles. The van der Waals surface area contributed by atoms with E-state index in [-0.39, 0.29) is 17.4 Å². The zero-order valence-corrected chi connectivity index (χ0v) is 17.0. The van der Waals surface area contributed by atoms with E-state index in [9.17, 15) is 4.79 Å². The summed E-state index contributed by atoms with van der Waals surface area (Å²) >= 11 is 1.62. The van der Waals surface area contributed by atoms with Crippen molar-refractivity contribution in [1.29, 1.82) is 0 Å². The fourth-order valence-corrected chi connectivity index (χ4v) is 4.53. The molecular formula is C21H19N5O2S. The van der Waals surface area contributed by atoms with Gasteiger partial charge in [0.05, 0.1) is 0 Å². The van der Waals surface area contributed by atoms with E-state index in [0.29, 0.717) is 17.2 Å². The Balaban J connectivity index is 1.62. The van der Waals surface area contributed by atoms with Crippen LogP contribution >= 0.6 is 11.3 Å². The van der Waals surface area contributed by atoms with Gasteiger partial charge in [-0.25, -0.2) is 4.98 Å². The van der Waals surface area contributed by atoms with Crippen molar-refractivity contribution in [3.05, 3.63) is 70.0 Å². The Morgan fingerprint density at radius 2 is 2.07 bits per heavy atom. The zero-order valence-electron chi connectivity index (χ0n) is 16.2. The number of carbonyl (C=O) groups is 1. The predicted octanol–water partition coefficient (Wildman–Crippen LogP) is 4.57. The second-order valence-electron chi connectivity index (χ2n) is 7.99. The molecule has 0 radical (unpaired) electrons. The van der Waals surface area contributed by atoms with Crippen molar-refractivity contribution in [2.24, 2.45) is 0 Å². The van der Waals surface area contributed by atoms with Gasteiger partial charge in [0.25, 0.3) is 5.91 Å². The summed E-state index contributed by atoms with van der Waals surface area (Å²) in [5, 5.41) is 13.4. The first-order valence-electron chi connectivity index (χ1n) is 9.27. The zero-order chi connectivity index (χ0) is 20.2. The van der Waals surface area contributed by atoms with E-state index in [0.717, 1.165) is 21.7 Å². The molecule has 29 heavy (non-hydrogen) atoms. The van der Waals surface area contributed by atoms with Crippen LogP contribution in [0.4, 0.5) is 5.82 Å². The standard InChI is InChI=1S/C21H19N5O2S/c1-21(2,3)19-16-17(23-24-19)20(27)26(18(16)14-5-4-10-29-14)15-7-6-12(11-22-15)13-8-9-28-25-13/h4-11,18H,1-3H3,(H,23,24). The van der Waals surface area contributed by atoms with Crippen molar-refractivity contribution in [2.45, 2.75) is 32.2 Å². The van der Waals surface area contributed by atoms with Crippen LogP contribution in [-0.2, 0) is 5.41 Å². The Kier molecular flexibility index (Phi) is 3.92. The number of rotatable bonds is 3. The largest absolute Gasteiger partial charge is 0.364 e. The van der Waals surface area contributed by atoms with Gasteiger partial charge in [0.1, 0.15) is 23.8 Å². The summed E-state index contributed by atoms with van der Waals surface area (Å²) in [6.45, 7) is 6.35. The monoisotopic (exact) mass is 405 g/mol. The van der Waals surface area contributed by atoms with Gasteiger partial charge in [-0.15, -0.1) is 11.3 Å². The maximum atomic E-state index is 13.3. The summed E-state index contributed by atoms with van der Waals surface area (Å²) in [5.41, 5.74) is 3.74. The Morgan fingerprint density at radius 3 is 2.69 bits per heavy atom. The summed E-state index contributed by atoms with van der Waals surface area (Å²) in [6, 6.07) is 9.31. The van der Waals surface area contributed by atoms with Crippen molar-refractivity contribution >= 4 is 23.1 Å². The molecule has 5 heterocycles. The molecule has 4 aromatic rings. The molecule has 1 unspecified atom stereocenters. The van der Waals surface area contributed by atoms with Crippen LogP contribution in [0, 0.1) is 0 Å². The number of nitrogens with zero attached hydrogens (tertiary/aromatic N) is 4. The van der Waals surface area contributed by atoms with E-state index in [1.807, 2.05) is 29.6 Å². The summed E-state index contributed by atoms with van der Waals surface area (Å²) < 4.78 is 4.91. The number of pyridine rings is 1. The minimum atomic E-state index is -0.254. The molecule has 1 N–H and O–H groups in total. The van der Waals surface area contributed by atoms with Crippen molar-refractivity contribution in [1.82, 2.24) is 20.3 Å². The molecule has 4 aromatic heterocycles. The third-order valence-corrected chi connectivity index (χ3v) is 5.97. The summed E-state index contributed by atoms with van der Waals surface area (Å²) in [4.78, 5) is 20.7. The maximum Gasteiger partial charge on any atom is 0.281 e. The number of fused-ring (bicyclic) bond motifs is 1. The van der Waals surface area contributed by atoms with Crippen molar-refractivity contribution < 1.29 is 9.32 Å². The molecule has 0 fully saturated rings. The third kappa shape index (κ3) is 2.79. The van der Waals surface area contributed by atoms with Crippen molar-refractivity contribution in [2.75, 3.05) is 4.90 Å². The van der Waals surface area contributed by atoms with Crippen LogP contribution in [0.2, 0.25) is 0 Å². The normalized spacial score (nSPS) is 16.4. The van der Waals surface area contributed by atoms with Gasteiger partial charge in [-0.3, -0.25) is 14.8 Å². The lowest BCUT2D eigenvalue weighted by atomic mass is 9.87. The van der Waals surface area contributed by atoms with Gasteiger partial charge in [0.2, 0.25) is 0 Å². The highest BCUT2D eigenvalue weighted by Gasteiger charge is 2.45. The number of amides is 1. The van der Waals surface area contributed by atoms with Gasteiger partial charge >= 0.3 is 0 Å². The number of hydrogen-bond acceptors (Lipinski definition) is 6. The van der Waals surface area contributed by atoms with Gasteiger partial charge in [0, 0.05) is 39.4 Å². The first-order valence-corrected chi connectivity index (χ1v) is 10.2. The molecule has 0 saturated heterocycles. The molecule has 0 saturated carbocycles. The van der Waals surface area contributed by atoms with E-state index in [2.05, 4.69) is 41.1 Å². The Labute approximate surface area is 171 Å². The molecule has 5 rings (SSSR count). The fourth-order valence-electron chi connectivity index (χ4n) is 3.71. The second-order valence-corrected chi connectivity index (χ2v) is 8.97. The van der Waals surface area contributed by atoms with Crippen molar-refractivity contribution in [3.8, 4) is 11.3 Å². The first-order chi connectivity index (χ1) is 13.9. The quantitative estimate of drug-likeness (QED) is 0.539. The Bertz CT molecular complexity index is 1160. The smallest absolute Gasteiger partial charge is 0.281 e. The molecule has 1 atom stereocenters. The summed E-state index contributed by atoms with van der Waals surface area (Å²) in [6.07, 6.45) is 3.23.